The van der Waals surface area contributed by atoms with E-state index < -0.39 is 0 Å². The minimum Gasteiger partial charge on any atom is -0.369 e. The zero-order valence-electron chi connectivity index (χ0n) is 24.6. The lowest BCUT2D eigenvalue weighted by molar-refractivity contribution is 0.134. The first-order chi connectivity index (χ1) is 18.2. The highest BCUT2D eigenvalue weighted by Crippen LogP contribution is 2.40. The molecule has 214 valence electrons. The van der Waals surface area contributed by atoms with Gasteiger partial charge in [0.25, 0.3) is 0 Å². The Morgan fingerprint density at radius 1 is 1.05 bits per heavy atom. The molecule has 3 heterocycles. The summed E-state index contributed by atoms with van der Waals surface area (Å²) in [7, 11) is 0. The fourth-order valence-corrected chi connectivity index (χ4v) is 5.35. The Kier molecular flexibility index (Phi) is 13.8. The Morgan fingerprint density at radius 2 is 1.68 bits per heavy atom. The summed E-state index contributed by atoms with van der Waals surface area (Å²) in [6, 6.07) is 8.14. The van der Waals surface area contributed by atoms with Gasteiger partial charge in [-0.1, -0.05) is 90.4 Å². The molecule has 2 fully saturated rings. The van der Waals surface area contributed by atoms with Crippen molar-refractivity contribution in [2.24, 2.45) is 5.41 Å². The summed E-state index contributed by atoms with van der Waals surface area (Å²) in [4.78, 5) is 19.4. The van der Waals surface area contributed by atoms with Crippen molar-refractivity contribution in [3.63, 3.8) is 0 Å². The van der Waals surface area contributed by atoms with Crippen LogP contribution in [0, 0.1) is 5.41 Å². The monoisotopic (exact) mass is 564 g/mol. The van der Waals surface area contributed by atoms with Crippen LogP contribution in [0.3, 0.4) is 0 Å². The van der Waals surface area contributed by atoms with E-state index in [0.29, 0.717) is 24.3 Å². The maximum Gasteiger partial charge on any atom is 0.344 e. The maximum absolute atomic E-state index is 12.7. The fraction of sp³-hybridized carbons (Fsp3) is 0.655. The quantitative estimate of drug-likeness (QED) is 0.352. The number of carbonyl (C=O) groups is 1. The molecule has 1 amide bonds. The number of carbonyl (C=O) groups excluding carboxylic acids is 1. The van der Waals surface area contributed by atoms with Gasteiger partial charge in [-0.3, -0.25) is 4.90 Å². The average Bonchev–Trinajstić information content (AvgIpc) is 3.34. The highest BCUT2D eigenvalue weighted by Gasteiger charge is 2.38. The molecule has 0 spiro atoms. The number of rotatable bonds is 7. The van der Waals surface area contributed by atoms with Crippen molar-refractivity contribution in [1.29, 1.82) is 0 Å². The van der Waals surface area contributed by atoms with E-state index in [0.717, 1.165) is 43.4 Å². The molecule has 0 aliphatic carbocycles. The summed E-state index contributed by atoms with van der Waals surface area (Å²) in [5, 5.41) is 5.13. The van der Waals surface area contributed by atoms with Gasteiger partial charge in [0.05, 0.1) is 10.7 Å². The number of piperazine rings is 1. The van der Waals surface area contributed by atoms with Gasteiger partial charge < -0.3 is 14.5 Å². The van der Waals surface area contributed by atoms with Crippen molar-refractivity contribution in [2.75, 3.05) is 55.1 Å². The van der Waals surface area contributed by atoms with E-state index in [2.05, 4.69) is 73.3 Å². The fourth-order valence-electron chi connectivity index (χ4n) is 4.80. The van der Waals surface area contributed by atoms with Crippen molar-refractivity contribution >= 4 is 41.1 Å². The van der Waals surface area contributed by atoms with Crippen LogP contribution in [0.1, 0.15) is 72.8 Å². The van der Waals surface area contributed by atoms with E-state index >= 15 is 0 Å². The van der Waals surface area contributed by atoms with Gasteiger partial charge in [-0.15, -0.1) is 5.10 Å². The number of nitrogens with zero attached hydrogens (tertiary/aromatic N) is 5. The van der Waals surface area contributed by atoms with Crippen LogP contribution in [-0.4, -0.2) is 71.1 Å². The lowest BCUT2D eigenvalue weighted by Gasteiger charge is -2.50. The van der Waals surface area contributed by atoms with Gasteiger partial charge in [-0.25, -0.2) is 4.79 Å². The minimum absolute atomic E-state index is 0.0690. The third kappa shape index (κ3) is 9.38. The molecule has 7 nitrogen and oxygen atoms in total. The number of amides is 1. The summed E-state index contributed by atoms with van der Waals surface area (Å²) < 4.78 is 4.46. The molecule has 0 atom stereocenters. The molecule has 2 aromatic rings. The number of anilines is 2. The normalized spacial score (nSPS) is 16.5. The van der Waals surface area contributed by atoms with Gasteiger partial charge in [-0.2, -0.15) is 4.68 Å². The molecular weight excluding hydrogens is 516 g/mol. The number of hydrogen-bond donors (Lipinski definition) is 1. The van der Waals surface area contributed by atoms with Gasteiger partial charge in [0.1, 0.15) is 0 Å². The first-order valence-electron chi connectivity index (χ1n) is 14.1. The molecule has 1 N–H and O–H groups in total. The highest BCUT2D eigenvalue weighted by atomic mass is 35.5. The minimum atomic E-state index is -0.0690. The Morgan fingerprint density at radius 3 is 2.26 bits per heavy atom. The SMILES string of the molecule is CCC.CCC.CCCC1(C)CN(c2cc(CN3CCN(C(=O)n4ccc(NSC)n4)CC3)ccc2Cl)C1. The first-order valence-corrected chi connectivity index (χ1v) is 15.7. The Hall–Kier alpha value is -1.90. The number of halogens is 1. The van der Waals surface area contributed by atoms with E-state index in [1.54, 1.807) is 6.20 Å². The first kappa shape index (κ1) is 32.3. The smallest absolute Gasteiger partial charge is 0.344 e. The highest BCUT2D eigenvalue weighted by molar-refractivity contribution is 7.99. The second kappa shape index (κ2) is 16.3. The standard InChI is InChI=1S/C23H33ClN6OS.2C3H8/c1-4-8-23(2)16-29(17-23)20-14-18(5-6-19(20)24)15-27-10-12-28(13-11-27)22(31)30-9-7-21(25-30)26-32-3;2*1-3-2/h5-7,9,14H,4,8,10-13,15-17H2,1-3H3,(H,25,26);2*3H2,1-2H3. The summed E-state index contributed by atoms with van der Waals surface area (Å²) in [6.45, 7) is 19.2. The lowest BCUT2D eigenvalue weighted by atomic mass is 9.78. The van der Waals surface area contributed by atoms with Crippen LogP contribution in [0.2, 0.25) is 5.02 Å². The molecule has 4 rings (SSSR count). The molecule has 1 aromatic heterocycles. The summed E-state index contributed by atoms with van der Waals surface area (Å²) in [5.41, 5.74) is 2.84. The molecule has 9 heteroatoms. The van der Waals surface area contributed by atoms with Crippen LogP contribution in [0.25, 0.3) is 0 Å². The molecule has 2 aliphatic heterocycles. The second-order valence-corrected chi connectivity index (χ2v) is 11.6. The van der Waals surface area contributed by atoms with Crippen molar-refractivity contribution in [2.45, 2.75) is 73.8 Å². The lowest BCUT2D eigenvalue weighted by Crippen LogP contribution is -2.54. The van der Waals surface area contributed by atoms with Crippen molar-refractivity contribution in [3.05, 3.63) is 41.0 Å². The second-order valence-electron chi connectivity index (χ2n) is 10.6. The van der Waals surface area contributed by atoms with Crippen LogP contribution in [-0.2, 0) is 6.54 Å². The number of nitrogens with one attached hydrogen (secondary N) is 1. The molecule has 0 unspecified atom stereocenters. The molecule has 1 aromatic carbocycles. The van der Waals surface area contributed by atoms with Gasteiger partial charge in [0.15, 0.2) is 5.82 Å². The third-order valence-electron chi connectivity index (χ3n) is 6.39. The van der Waals surface area contributed by atoms with Crippen LogP contribution in [0.5, 0.6) is 0 Å². The van der Waals surface area contributed by atoms with E-state index in [9.17, 15) is 4.79 Å². The maximum atomic E-state index is 12.7. The average molecular weight is 565 g/mol. The topological polar surface area (TPSA) is 56.6 Å². The Labute approximate surface area is 240 Å². The van der Waals surface area contributed by atoms with Crippen LogP contribution in [0.4, 0.5) is 16.3 Å². The Bertz CT molecular complexity index is 968. The number of aromatic nitrogens is 2. The summed E-state index contributed by atoms with van der Waals surface area (Å²) >= 11 is 8.00. The van der Waals surface area contributed by atoms with Gasteiger partial charge in [-0.05, 0) is 24.1 Å². The summed E-state index contributed by atoms with van der Waals surface area (Å²) in [6.07, 6.45) is 8.63. The molecule has 38 heavy (non-hydrogen) atoms. The van der Waals surface area contributed by atoms with Crippen LogP contribution >= 0.6 is 23.5 Å². The van der Waals surface area contributed by atoms with Gasteiger partial charge in [0.2, 0.25) is 0 Å². The van der Waals surface area contributed by atoms with Crippen LogP contribution < -0.4 is 9.62 Å². The molecule has 2 saturated heterocycles. The third-order valence-corrected chi connectivity index (χ3v) is 7.12. The van der Waals surface area contributed by atoms with Gasteiger partial charge in [0, 0.05) is 69.7 Å². The predicted octanol–water partition coefficient (Wildman–Crippen LogP) is 7.47. The van der Waals surface area contributed by atoms with E-state index in [1.165, 1.54) is 47.9 Å². The Balaban J connectivity index is 0.000000773. The molecule has 2 aliphatic rings. The van der Waals surface area contributed by atoms with E-state index in [4.69, 9.17) is 11.6 Å². The molecule has 0 radical (unpaired) electrons. The molecular formula is C29H49ClN6OS. The van der Waals surface area contributed by atoms with E-state index in [-0.39, 0.29) is 6.03 Å². The molecule has 0 bridgehead atoms. The van der Waals surface area contributed by atoms with Crippen molar-refractivity contribution in [1.82, 2.24) is 19.6 Å². The van der Waals surface area contributed by atoms with Gasteiger partial charge >= 0.3 is 6.03 Å². The largest absolute Gasteiger partial charge is 0.369 e. The zero-order valence-corrected chi connectivity index (χ0v) is 26.2. The number of hydrogen-bond acceptors (Lipinski definition) is 6. The van der Waals surface area contributed by atoms with Crippen molar-refractivity contribution in [3.8, 4) is 0 Å². The van der Waals surface area contributed by atoms with Crippen LogP contribution in [0.15, 0.2) is 30.5 Å². The number of benzene rings is 1. The summed E-state index contributed by atoms with van der Waals surface area (Å²) in [5.74, 6) is 0.695. The zero-order chi connectivity index (χ0) is 28.1. The predicted molar refractivity (Wildman–Crippen MR) is 166 cm³/mol. The molecule has 0 saturated carbocycles. The van der Waals surface area contributed by atoms with Crippen molar-refractivity contribution < 1.29 is 4.79 Å². The van der Waals surface area contributed by atoms with E-state index in [1.807, 2.05) is 23.3 Å².